The van der Waals surface area contributed by atoms with Crippen LogP contribution in [-0.4, -0.2) is 30.8 Å². The number of hydrogen-bond acceptors (Lipinski definition) is 7. The minimum Gasteiger partial charge on any atom is -0.489 e. The number of ether oxygens (including phenoxy) is 3. The molecule has 1 N–H and O–H groups in total. The summed E-state index contributed by atoms with van der Waals surface area (Å²) in [7, 11) is 1.54. The molecule has 1 aromatic heterocycles. The molecule has 3 aromatic rings. The molecular weight excluding hydrogens is 420 g/mol. The van der Waals surface area contributed by atoms with Gasteiger partial charge in [-0.2, -0.15) is 10.4 Å². The summed E-state index contributed by atoms with van der Waals surface area (Å²) >= 11 is 0. The van der Waals surface area contributed by atoms with E-state index in [1.54, 1.807) is 13.0 Å². The second-order valence-corrected chi connectivity index (χ2v) is 7.08. The number of rotatable bonds is 10. The van der Waals surface area contributed by atoms with Gasteiger partial charge in [0.2, 0.25) is 5.88 Å². The molecule has 33 heavy (non-hydrogen) atoms. The third kappa shape index (κ3) is 7.16. The largest absolute Gasteiger partial charge is 0.489 e. The van der Waals surface area contributed by atoms with Gasteiger partial charge in [0.25, 0.3) is 5.91 Å². The molecule has 0 atom stereocenters. The summed E-state index contributed by atoms with van der Waals surface area (Å²) in [6.07, 6.45) is 1.51. The maximum Gasteiger partial charge on any atom is 0.278 e. The first-order valence-electron chi connectivity index (χ1n) is 10.2. The Morgan fingerprint density at radius 3 is 2.70 bits per heavy atom. The van der Waals surface area contributed by atoms with Gasteiger partial charge >= 0.3 is 0 Å². The van der Waals surface area contributed by atoms with E-state index in [9.17, 15) is 10.1 Å². The quantitative estimate of drug-likeness (QED) is 0.379. The van der Waals surface area contributed by atoms with Gasteiger partial charge in [0.1, 0.15) is 24.0 Å². The number of hydrogen-bond donors (Lipinski definition) is 1. The molecule has 0 aliphatic rings. The molecule has 0 spiro atoms. The zero-order valence-corrected chi connectivity index (χ0v) is 18.4. The van der Waals surface area contributed by atoms with Crippen LogP contribution in [0.3, 0.4) is 0 Å². The number of benzene rings is 2. The first-order valence-corrected chi connectivity index (χ1v) is 10.2. The number of carbonyl (C=O) groups excluding carboxylic acids is 1. The van der Waals surface area contributed by atoms with Crippen molar-refractivity contribution < 1.29 is 19.0 Å². The van der Waals surface area contributed by atoms with Crippen LogP contribution in [0.25, 0.3) is 0 Å². The zero-order chi connectivity index (χ0) is 23.5. The van der Waals surface area contributed by atoms with Crippen LogP contribution in [-0.2, 0) is 22.7 Å². The molecule has 8 heteroatoms. The second-order valence-electron chi connectivity index (χ2n) is 7.08. The summed E-state index contributed by atoms with van der Waals surface area (Å²) in [4.78, 5) is 16.3. The topological polar surface area (TPSA) is 106 Å². The maximum atomic E-state index is 12.1. The highest BCUT2D eigenvalue weighted by molar-refractivity contribution is 5.83. The number of amides is 1. The number of methoxy groups -OCH3 is 1. The van der Waals surface area contributed by atoms with Crippen molar-refractivity contribution in [1.82, 2.24) is 10.4 Å². The highest BCUT2D eigenvalue weighted by Crippen LogP contribution is 2.21. The number of pyridine rings is 1. The van der Waals surface area contributed by atoms with Crippen LogP contribution in [0.15, 0.2) is 65.8 Å². The molecule has 0 unspecified atom stereocenters. The zero-order valence-electron chi connectivity index (χ0n) is 18.4. The fourth-order valence-electron chi connectivity index (χ4n) is 2.97. The smallest absolute Gasteiger partial charge is 0.278 e. The summed E-state index contributed by atoms with van der Waals surface area (Å²) in [5, 5.41) is 13.4. The number of nitrogens with one attached hydrogen (secondary N) is 1. The van der Waals surface area contributed by atoms with Gasteiger partial charge in [-0.3, -0.25) is 4.79 Å². The SMILES string of the molecule is COCc1cc(C)nc(OCC(=O)N/N=C\c2cccc(OCc3ccccc3)c2)c1C#N. The molecule has 0 bridgehead atoms. The Morgan fingerprint density at radius 1 is 1.12 bits per heavy atom. The van der Waals surface area contributed by atoms with E-state index in [0.29, 0.717) is 23.6 Å². The number of carbonyl (C=O) groups is 1. The van der Waals surface area contributed by atoms with E-state index in [4.69, 9.17) is 14.2 Å². The Labute approximate surface area is 192 Å². The van der Waals surface area contributed by atoms with Crippen molar-refractivity contribution in [1.29, 1.82) is 5.26 Å². The molecule has 168 valence electrons. The Bertz CT molecular complexity index is 1160. The lowest BCUT2D eigenvalue weighted by atomic mass is 10.1. The van der Waals surface area contributed by atoms with E-state index < -0.39 is 5.91 Å². The molecule has 1 heterocycles. The second kappa shape index (κ2) is 12.0. The summed E-state index contributed by atoms with van der Waals surface area (Å²) in [6.45, 7) is 2.14. The van der Waals surface area contributed by atoms with Gasteiger partial charge in [0.05, 0.1) is 12.8 Å². The minimum atomic E-state index is -0.483. The Morgan fingerprint density at radius 2 is 1.94 bits per heavy atom. The average molecular weight is 444 g/mol. The average Bonchev–Trinajstić information content (AvgIpc) is 2.82. The van der Waals surface area contributed by atoms with Gasteiger partial charge < -0.3 is 14.2 Å². The van der Waals surface area contributed by atoms with Crippen molar-refractivity contribution >= 4 is 12.1 Å². The van der Waals surface area contributed by atoms with Crippen molar-refractivity contribution in [3.63, 3.8) is 0 Å². The molecule has 3 rings (SSSR count). The fraction of sp³-hybridized carbons (Fsp3) is 0.200. The third-order valence-corrected chi connectivity index (χ3v) is 4.46. The maximum absolute atomic E-state index is 12.1. The molecule has 0 aliphatic heterocycles. The van der Waals surface area contributed by atoms with Gasteiger partial charge in [-0.05, 0) is 36.2 Å². The van der Waals surface area contributed by atoms with E-state index in [-0.39, 0.29) is 24.7 Å². The highest BCUT2D eigenvalue weighted by Gasteiger charge is 2.14. The van der Waals surface area contributed by atoms with Crippen LogP contribution in [0, 0.1) is 18.3 Å². The van der Waals surface area contributed by atoms with Crippen LogP contribution in [0.2, 0.25) is 0 Å². The van der Waals surface area contributed by atoms with Crippen LogP contribution in [0.5, 0.6) is 11.6 Å². The van der Waals surface area contributed by atoms with Gasteiger partial charge in [-0.1, -0.05) is 42.5 Å². The normalized spacial score (nSPS) is 10.6. The predicted molar refractivity (Wildman–Crippen MR) is 123 cm³/mol. The van der Waals surface area contributed by atoms with E-state index in [1.807, 2.05) is 60.7 Å². The monoisotopic (exact) mass is 444 g/mol. The Hall–Kier alpha value is -4.22. The number of nitrogens with zero attached hydrogens (tertiary/aromatic N) is 3. The van der Waals surface area contributed by atoms with Gasteiger partial charge in [0.15, 0.2) is 6.61 Å². The summed E-state index contributed by atoms with van der Waals surface area (Å²) in [6, 6.07) is 21.0. The number of hydrazone groups is 1. The lowest BCUT2D eigenvalue weighted by Gasteiger charge is -2.10. The molecule has 0 saturated heterocycles. The van der Waals surface area contributed by atoms with Crippen molar-refractivity contribution in [3.8, 4) is 17.7 Å². The van der Waals surface area contributed by atoms with Crippen molar-refractivity contribution in [2.75, 3.05) is 13.7 Å². The molecule has 0 radical (unpaired) electrons. The molecule has 2 aromatic carbocycles. The van der Waals surface area contributed by atoms with Gasteiger partial charge in [-0.25, -0.2) is 10.4 Å². The Balaban J connectivity index is 1.53. The fourth-order valence-corrected chi connectivity index (χ4v) is 2.97. The minimum absolute atomic E-state index is 0.0898. The van der Waals surface area contributed by atoms with E-state index >= 15 is 0 Å². The van der Waals surface area contributed by atoms with Crippen molar-refractivity contribution in [2.24, 2.45) is 5.10 Å². The number of aromatic nitrogens is 1. The molecule has 0 aliphatic carbocycles. The molecule has 8 nitrogen and oxygen atoms in total. The first-order chi connectivity index (χ1) is 16.1. The van der Waals surface area contributed by atoms with Crippen LogP contribution >= 0.6 is 0 Å². The molecular formula is C25H24N4O4. The first kappa shape index (κ1) is 23.4. The summed E-state index contributed by atoms with van der Waals surface area (Å²) < 4.78 is 16.4. The molecule has 0 fully saturated rings. The van der Waals surface area contributed by atoms with Gasteiger partial charge in [0, 0.05) is 18.4 Å². The summed E-state index contributed by atoms with van der Waals surface area (Å²) in [5.41, 5.74) is 5.78. The standard InChI is InChI=1S/C25H24N4O4/c1-18-11-21(16-31-2)23(13-26)25(28-18)33-17-24(30)29-27-14-20-9-6-10-22(12-20)32-15-19-7-4-3-5-8-19/h3-12,14H,15-17H2,1-2H3,(H,29,30)/b27-14-. The third-order valence-electron chi connectivity index (χ3n) is 4.46. The molecule has 0 saturated carbocycles. The lowest BCUT2D eigenvalue weighted by Crippen LogP contribution is -2.25. The van der Waals surface area contributed by atoms with Gasteiger partial charge in [-0.15, -0.1) is 0 Å². The van der Waals surface area contributed by atoms with E-state index in [1.165, 1.54) is 13.3 Å². The lowest BCUT2D eigenvalue weighted by molar-refractivity contribution is -0.123. The number of aryl methyl sites for hydroxylation is 1. The van der Waals surface area contributed by atoms with Crippen molar-refractivity contribution in [2.45, 2.75) is 20.1 Å². The molecule has 1 amide bonds. The van der Waals surface area contributed by atoms with E-state index in [0.717, 1.165) is 11.1 Å². The van der Waals surface area contributed by atoms with Crippen LogP contribution in [0.4, 0.5) is 0 Å². The van der Waals surface area contributed by atoms with Crippen molar-refractivity contribution in [3.05, 3.63) is 88.6 Å². The highest BCUT2D eigenvalue weighted by atomic mass is 16.5. The van der Waals surface area contributed by atoms with E-state index in [2.05, 4.69) is 15.5 Å². The summed E-state index contributed by atoms with van der Waals surface area (Å²) in [5.74, 6) is 0.300. The van der Waals surface area contributed by atoms with Crippen LogP contribution in [0.1, 0.15) is 27.9 Å². The Kier molecular flexibility index (Phi) is 8.51. The predicted octanol–water partition coefficient (Wildman–Crippen LogP) is 3.52. The van der Waals surface area contributed by atoms with Crippen LogP contribution < -0.4 is 14.9 Å². The number of nitriles is 1.